The van der Waals surface area contributed by atoms with Crippen LogP contribution in [0, 0.1) is 0 Å². The van der Waals surface area contributed by atoms with E-state index in [-0.39, 0.29) is 13.2 Å². The van der Waals surface area contributed by atoms with Crippen LogP contribution in [0.4, 0.5) is 0 Å². The van der Waals surface area contributed by atoms with Crippen LogP contribution in [0.15, 0.2) is 60.7 Å². The first-order chi connectivity index (χ1) is 13.4. The van der Waals surface area contributed by atoms with Gasteiger partial charge in [0.25, 0.3) is 0 Å². The van der Waals surface area contributed by atoms with Gasteiger partial charge in [-0.3, -0.25) is 9.59 Å². The second-order valence-electron chi connectivity index (χ2n) is 6.66. The van der Waals surface area contributed by atoms with Gasteiger partial charge in [-0.1, -0.05) is 60.7 Å². The molecule has 0 unspecified atom stereocenters. The van der Waals surface area contributed by atoms with Crippen molar-refractivity contribution in [3.63, 3.8) is 0 Å². The Labute approximate surface area is 164 Å². The number of esters is 2. The minimum Gasteiger partial charge on any atom is -0.458 e. The van der Waals surface area contributed by atoms with Gasteiger partial charge < -0.3 is 18.8 Å². The normalized spacial score (nSPS) is 22.3. The van der Waals surface area contributed by atoms with E-state index in [1.54, 1.807) is 24.3 Å². The number of carbonyl (C=O) groups is 2. The van der Waals surface area contributed by atoms with E-state index in [1.165, 1.54) is 13.8 Å². The lowest BCUT2D eigenvalue weighted by molar-refractivity contribution is -0.178. The smallest absolute Gasteiger partial charge is 0.303 e. The van der Waals surface area contributed by atoms with E-state index >= 15 is 0 Å². The zero-order valence-electron chi connectivity index (χ0n) is 15.8. The van der Waals surface area contributed by atoms with Crippen molar-refractivity contribution in [2.45, 2.75) is 31.7 Å². The quantitative estimate of drug-likeness (QED) is 0.564. The molecule has 6 nitrogen and oxygen atoms in total. The van der Waals surface area contributed by atoms with E-state index in [0.29, 0.717) is 10.6 Å². The summed E-state index contributed by atoms with van der Waals surface area (Å²) in [4.78, 5) is 23.3. The third kappa shape index (κ3) is 4.18. The van der Waals surface area contributed by atoms with Gasteiger partial charge in [0, 0.05) is 24.5 Å². The summed E-state index contributed by atoms with van der Waals surface area (Å²) in [5, 5.41) is 1.27. The van der Waals surface area contributed by atoms with Gasteiger partial charge in [0.15, 0.2) is 19.3 Å². The van der Waals surface area contributed by atoms with Crippen molar-refractivity contribution in [1.82, 2.24) is 0 Å². The summed E-state index contributed by atoms with van der Waals surface area (Å²) >= 11 is 0. The highest BCUT2D eigenvalue weighted by molar-refractivity contribution is 7.79. The van der Waals surface area contributed by atoms with E-state index in [1.807, 2.05) is 36.4 Å². The van der Waals surface area contributed by atoms with Crippen LogP contribution in [-0.2, 0) is 28.4 Å². The molecule has 0 N–H and O–H groups in total. The molecule has 0 aromatic heterocycles. The van der Waals surface area contributed by atoms with E-state index in [9.17, 15) is 14.2 Å². The summed E-state index contributed by atoms with van der Waals surface area (Å²) in [6, 6.07) is 18.2. The maximum absolute atomic E-state index is 14.6. The van der Waals surface area contributed by atoms with E-state index in [4.69, 9.17) is 14.2 Å². The molecule has 0 radical (unpaired) electrons. The van der Waals surface area contributed by atoms with E-state index < -0.39 is 36.9 Å². The number of carbonyl (C=O) groups excluding carboxylic acids is 2. The molecule has 1 aliphatic heterocycles. The number of hydrogen-bond acceptors (Lipinski definition) is 6. The standard InChI is InChI=1S/C21H23O6P/c1-15(22)26-19-13-25-14-20(21(19)27-16(2)23)28(24,17-9-5-3-6-10-17)18-11-7-4-8-12-18/h3-12,19-21H,13-14H2,1-2H3/t19-,20+,21+/m1/s1. The molecule has 2 aromatic rings. The highest BCUT2D eigenvalue weighted by Gasteiger charge is 2.49. The molecule has 0 saturated carbocycles. The van der Waals surface area contributed by atoms with E-state index in [0.717, 1.165) is 0 Å². The van der Waals surface area contributed by atoms with Crippen molar-refractivity contribution in [2.24, 2.45) is 0 Å². The van der Waals surface area contributed by atoms with Gasteiger partial charge in [-0.05, 0) is 0 Å². The molecule has 7 heteroatoms. The maximum Gasteiger partial charge on any atom is 0.303 e. The zero-order valence-corrected chi connectivity index (χ0v) is 16.7. The van der Waals surface area contributed by atoms with Crippen molar-refractivity contribution in [3.05, 3.63) is 60.7 Å². The lowest BCUT2D eigenvalue weighted by atomic mass is 10.1. The molecule has 0 bridgehead atoms. The molecule has 2 aromatic carbocycles. The molecule has 0 aliphatic carbocycles. The van der Waals surface area contributed by atoms with Crippen LogP contribution in [0.25, 0.3) is 0 Å². The van der Waals surface area contributed by atoms with Crippen LogP contribution in [0.1, 0.15) is 13.8 Å². The van der Waals surface area contributed by atoms with Crippen LogP contribution in [0.2, 0.25) is 0 Å². The molecule has 28 heavy (non-hydrogen) atoms. The molecular weight excluding hydrogens is 379 g/mol. The summed E-state index contributed by atoms with van der Waals surface area (Å²) in [5.74, 6) is -1.04. The highest BCUT2D eigenvalue weighted by atomic mass is 31.2. The van der Waals surface area contributed by atoms with Crippen LogP contribution < -0.4 is 10.6 Å². The minimum atomic E-state index is -3.29. The lowest BCUT2D eigenvalue weighted by Gasteiger charge is -2.40. The minimum absolute atomic E-state index is 0.0810. The van der Waals surface area contributed by atoms with Crippen molar-refractivity contribution in [1.29, 1.82) is 0 Å². The van der Waals surface area contributed by atoms with Crippen LogP contribution in [0.3, 0.4) is 0 Å². The van der Waals surface area contributed by atoms with Gasteiger partial charge in [0.1, 0.15) is 0 Å². The predicted molar refractivity (Wildman–Crippen MR) is 105 cm³/mol. The fraction of sp³-hybridized carbons (Fsp3) is 0.333. The summed E-state index contributed by atoms with van der Waals surface area (Å²) in [7, 11) is -3.29. The Balaban J connectivity index is 2.13. The Bertz CT molecular complexity index is 823. The van der Waals surface area contributed by atoms with Crippen molar-refractivity contribution >= 4 is 29.7 Å². The SMILES string of the molecule is CC(=O)O[C@H]1[C@H](OC(C)=O)COC[C@@H]1P(=O)(c1ccccc1)c1ccccc1. The Morgan fingerprint density at radius 3 is 1.82 bits per heavy atom. The molecule has 0 spiro atoms. The van der Waals surface area contributed by atoms with Crippen molar-refractivity contribution in [3.8, 4) is 0 Å². The average Bonchev–Trinajstić information content (AvgIpc) is 2.69. The Morgan fingerprint density at radius 1 is 0.857 bits per heavy atom. The summed E-state index contributed by atoms with van der Waals surface area (Å²) in [6.45, 7) is 2.77. The topological polar surface area (TPSA) is 78.9 Å². The molecule has 3 rings (SSSR count). The molecular formula is C21H23O6P. The summed E-state index contributed by atoms with van der Waals surface area (Å²) < 4.78 is 31.1. The first-order valence-electron chi connectivity index (χ1n) is 9.06. The maximum atomic E-state index is 14.6. The summed E-state index contributed by atoms with van der Waals surface area (Å²) in [5.41, 5.74) is -0.681. The molecule has 1 heterocycles. The van der Waals surface area contributed by atoms with Gasteiger partial charge in [0.2, 0.25) is 0 Å². The Kier molecular flexibility index (Phi) is 6.32. The van der Waals surface area contributed by atoms with Crippen molar-refractivity contribution < 1.29 is 28.4 Å². The molecule has 148 valence electrons. The van der Waals surface area contributed by atoms with Gasteiger partial charge in [0.05, 0.1) is 18.9 Å². The van der Waals surface area contributed by atoms with Crippen LogP contribution in [-0.4, -0.2) is 43.0 Å². The Hall–Kier alpha value is -2.43. The molecule has 1 saturated heterocycles. The fourth-order valence-corrected chi connectivity index (χ4v) is 6.82. The van der Waals surface area contributed by atoms with E-state index in [2.05, 4.69) is 0 Å². The average molecular weight is 402 g/mol. The predicted octanol–water partition coefficient (Wildman–Crippen LogP) is 2.26. The number of rotatable bonds is 5. The highest BCUT2D eigenvalue weighted by Crippen LogP contribution is 2.52. The van der Waals surface area contributed by atoms with Gasteiger partial charge in [-0.2, -0.15) is 0 Å². The second kappa shape index (κ2) is 8.72. The third-order valence-corrected chi connectivity index (χ3v) is 8.19. The first kappa shape index (κ1) is 20.3. The van der Waals surface area contributed by atoms with Crippen molar-refractivity contribution in [2.75, 3.05) is 13.2 Å². The first-order valence-corrected chi connectivity index (χ1v) is 10.8. The van der Waals surface area contributed by atoms with Crippen LogP contribution >= 0.6 is 7.14 Å². The second-order valence-corrected chi connectivity index (χ2v) is 9.67. The number of benzene rings is 2. The molecule has 3 atom stereocenters. The lowest BCUT2D eigenvalue weighted by Crippen LogP contribution is -2.53. The number of ether oxygens (including phenoxy) is 3. The van der Waals surface area contributed by atoms with Gasteiger partial charge >= 0.3 is 11.9 Å². The fourth-order valence-electron chi connectivity index (χ4n) is 3.55. The van der Waals surface area contributed by atoms with Crippen LogP contribution in [0.5, 0.6) is 0 Å². The Morgan fingerprint density at radius 2 is 1.36 bits per heavy atom. The molecule has 0 amide bonds. The molecule has 1 fully saturated rings. The third-order valence-electron chi connectivity index (χ3n) is 4.68. The number of hydrogen-bond donors (Lipinski definition) is 0. The zero-order chi connectivity index (χ0) is 20.1. The van der Waals surface area contributed by atoms with Gasteiger partial charge in [-0.25, -0.2) is 0 Å². The molecule has 1 aliphatic rings. The summed E-state index contributed by atoms with van der Waals surface area (Å²) in [6.07, 6.45) is -1.69. The monoisotopic (exact) mass is 402 g/mol. The van der Waals surface area contributed by atoms with Gasteiger partial charge in [-0.15, -0.1) is 0 Å². The largest absolute Gasteiger partial charge is 0.458 e.